The number of rotatable bonds is 6. The highest BCUT2D eigenvalue weighted by Crippen LogP contribution is 2.31. The van der Waals surface area contributed by atoms with E-state index in [4.69, 9.17) is 15.2 Å². The molecular formula is C18H25N3O7S. The van der Waals surface area contributed by atoms with E-state index in [9.17, 15) is 22.8 Å². The number of carbonyl (C=O) groups is 3. The highest BCUT2D eigenvalue weighted by molar-refractivity contribution is 7.89. The zero-order valence-electron chi connectivity index (χ0n) is 16.5. The molecule has 160 valence electrons. The Morgan fingerprint density at radius 1 is 1.28 bits per heavy atom. The van der Waals surface area contributed by atoms with E-state index in [1.807, 2.05) is 6.92 Å². The van der Waals surface area contributed by atoms with E-state index in [0.29, 0.717) is 6.54 Å². The van der Waals surface area contributed by atoms with Crippen molar-refractivity contribution in [3.8, 4) is 5.75 Å². The molecule has 1 aromatic carbocycles. The molecule has 1 aromatic rings. The fourth-order valence-corrected chi connectivity index (χ4v) is 4.95. The molecule has 0 saturated carbocycles. The molecule has 1 aliphatic heterocycles. The summed E-state index contributed by atoms with van der Waals surface area (Å²) < 4.78 is 37.9. The van der Waals surface area contributed by atoms with Gasteiger partial charge in [-0.25, -0.2) is 18.0 Å². The van der Waals surface area contributed by atoms with Crippen LogP contribution < -0.4 is 15.8 Å². The van der Waals surface area contributed by atoms with Crippen molar-refractivity contribution in [3.05, 3.63) is 23.8 Å². The fourth-order valence-electron chi connectivity index (χ4n) is 3.07. The topological polar surface area (TPSA) is 145 Å². The van der Waals surface area contributed by atoms with Crippen LogP contribution in [0.15, 0.2) is 23.1 Å². The van der Waals surface area contributed by atoms with Gasteiger partial charge in [0.25, 0.3) is 5.91 Å². The minimum atomic E-state index is -3.91. The molecule has 11 heteroatoms. The number of amides is 3. The Bertz CT molecular complexity index is 901. The zero-order chi connectivity index (χ0) is 21.8. The highest BCUT2D eigenvalue weighted by atomic mass is 32.2. The Morgan fingerprint density at radius 3 is 2.55 bits per heavy atom. The molecule has 10 nitrogen and oxygen atoms in total. The number of urea groups is 1. The third-order valence-electron chi connectivity index (χ3n) is 4.63. The largest absolute Gasteiger partial charge is 0.495 e. The predicted molar refractivity (Wildman–Crippen MR) is 103 cm³/mol. The molecule has 3 amide bonds. The van der Waals surface area contributed by atoms with E-state index in [-0.39, 0.29) is 22.3 Å². The van der Waals surface area contributed by atoms with E-state index in [1.54, 1.807) is 5.32 Å². The SMILES string of the molecule is COc1ccc(C(=O)OC(C)C(=O)NC(N)=O)cc1S(=O)(=O)N1CCCCC1C. The Hall–Kier alpha value is -2.66. The van der Waals surface area contributed by atoms with Gasteiger partial charge in [0, 0.05) is 12.6 Å². The molecule has 0 aliphatic carbocycles. The van der Waals surface area contributed by atoms with Crippen LogP contribution in [0.25, 0.3) is 0 Å². The Kier molecular flexibility index (Phi) is 7.20. The van der Waals surface area contributed by atoms with Crippen LogP contribution >= 0.6 is 0 Å². The van der Waals surface area contributed by atoms with Crippen molar-refractivity contribution in [1.29, 1.82) is 0 Å². The van der Waals surface area contributed by atoms with Crippen LogP contribution in [-0.2, 0) is 19.6 Å². The molecule has 2 rings (SSSR count). The second kappa shape index (κ2) is 9.23. The summed E-state index contributed by atoms with van der Waals surface area (Å²) in [5, 5.41) is 1.80. The number of primary amides is 1. The number of imide groups is 1. The first-order valence-electron chi connectivity index (χ1n) is 9.09. The number of carbonyl (C=O) groups excluding carboxylic acids is 3. The Balaban J connectivity index is 2.31. The predicted octanol–water partition coefficient (Wildman–Crippen LogP) is 0.998. The van der Waals surface area contributed by atoms with Gasteiger partial charge < -0.3 is 15.2 Å². The van der Waals surface area contributed by atoms with Crippen LogP contribution in [-0.4, -0.2) is 56.4 Å². The third-order valence-corrected chi connectivity index (χ3v) is 6.66. The summed E-state index contributed by atoms with van der Waals surface area (Å²) in [6.07, 6.45) is 1.14. The molecule has 1 fully saturated rings. The molecule has 2 unspecified atom stereocenters. The van der Waals surface area contributed by atoms with Crippen molar-refractivity contribution in [3.63, 3.8) is 0 Å². The van der Waals surface area contributed by atoms with Crippen LogP contribution in [0.5, 0.6) is 5.75 Å². The fraction of sp³-hybridized carbons (Fsp3) is 0.500. The van der Waals surface area contributed by atoms with Gasteiger partial charge in [-0.1, -0.05) is 6.42 Å². The minimum Gasteiger partial charge on any atom is -0.495 e. The number of hydrogen-bond donors (Lipinski definition) is 2. The lowest BCUT2D eigenvalue weighted by atomic mass is 10.1. The van der Waals surface area contributed by atoms with Gasteiger partial charge in [-0.2, -0.15) is 4.31 Å². The van der Waals surface area contributed by atoms with Crippen LogP contribution in [0, 0.1) is 0 Å². The van der Waals surface area contributed by atoms with Gasteiger partial charge in [-0.3, -0.25) is 10.1 Å². The number of nitrogens with zero attached hydrogens (tertiary/aromatic N) is 1. The van der Waals surface area contributed by atoms with Gasteiger partial charge in [0.05, 0.1) is 12.7 Å². The summed E-state index contributed by atoms with van der Waals surface area (Å²) in [5.74, 6) is -1.73. The summed E-state index contributed by atoms with van der Waals surface area (Å²) >= 11 is 0. The van der Waals surface area contributed by atoms with Gasteiger partial charge in [0.1, 0.15) is 10.6 Å². The highest BCUT2D eigenvalue weighted by Gasteiger charge is 2.34. The minimum absolute atomic E-state index is 0.0761. The quantitative estimate of drug-likeness (QED) is 0.644. The normalized spacial score (nSPS) is 18.5. The lowest BCUT2D eigenvalue weighted by Crippen LogP contribution is -2.42. The van der Waals surface area contributed by atoms with Gasteiger partial charge in [-0.15, -0.1) is 0 Å². The van der Waals surface area contributed by atoms with E-state index >= 15 is 0 Å². The zero-order valence-corrected chi connectivity index (χ0v) is 17.3. The van der Waals surface area contributed by atoms with Crippen molar-refractivity contribution in [2.24, 2.45) is 5.73 Å². The van der Waals surface area contributed by atoms with Gasteiger partial charge in [-0.05, 0) is 44.9 Å². The van der Waals surface area contributed by atoms with Crippen LogP contribution in [0.4, 0.5) is 4.79 Å². The summed E-state index contributed by atoms with van der Waals surface area (Å²) in [7, 11) is -2.58. The average molecular weight is 427 g/mol. The maximum absolute atomic E-state index is 13.2. The molecule has 1 heterocycles. The van der Waals surface area contributed by atoms with E-state index < -0.39 is 34.0 Å². The number of esters is 1. The standard InChI is InChI=1S/C18H25N3O7S/c1-11-6-4-5-9-21(11)29(25,26)15-10-13(7-8-14(15)27-3)17(23)28-12(2)16(22)20-18(19)24/h7-8,10-12H,4-6,9H2,1-3H3,(H3,19,20,22,24). The smallest absolute Gasteiger partial charge is 0.338 e. The number of ether oxygens (including phenoxy) is 2. The molecular weight excluding hydrogens is 402 g/mol. The molecule has 29 heavy (non-hydrogen) atoms. The molecule has 1 saturated heterocycles. The van der Waals surface area contributed by atoms with Crippen molar-refractivity contribution >= 4 is 27.9 Å². The first kappa shape index (κ1) is 22.6. The van der Waals surface area contributed by atoms with Crippen molar-refractivity contribution in [1.82, 2.24) is 9.62 Å². The number of methoxy groups -OCH3 is 1. The summed E-state index contributed by atoms with van der Waals surface area (Å²) in [6, 6.07) is 2.60. The third kappa shape index (κ3) is 5.24. The van der Waals surface area contributed by atoms with Crippen molar-refractivity contribution < 1.29 is 32.3 Å². The Labute approximate surface area is 169 Å². The monoisotopic (exact) mass is 427 g/mol. The Morgan fingerprint density at radius 2 is 1.97 bits per heavy atom. The second-order valence-corrected chi connectivity index (χ2v) is 8.59. The number of hydrogen-bond acceptors (Lipinski definition) is 7. The summed E-state index contributed by atoms with van der Waals surface area (Å²) in [4.78, 5) is 34.7. The van der Waals surface area contributed by atoms with Crippen molar-refractivity contribution in [2.75, 3.05) is 13.7 Å². The van der Waals surface area contributed by atoms with Crippen LogP contribution in [0.3, 0.4) is 0 Å². The van der Waals surface area contributed by atoms with E-state index in [1.165, 1.54) is 30.5 Å². The number of nitrogens with two attached hydrogens (primary N) is 1. The van der Waals surface area contributed by atoms with Crippen LogP contribution in [0.2, 0.25) is 0 Å². The van der Waals surface area contributed by atoms with E-state index in [2.05, 4.69) is 0 Å². The summed E-state index contributed by atoms with van der Waals surface area (Å²) in [6.45, 7) is 3.47. The molecule has 0 bridgehead atoms. The molecule has 1 aliphatic rings. The molecule has 0 aromatic heterocycles. The first-order valence-corrected chi connectivity index (χ1v) is 10.5. The number of nitrogens with one attached hydrogen (secondary N) is 1. The van der Waals surface area contributed by atoms with Gasteiger partial charge in [0.15, 0.2) is 6.10 Å². The molecule has 0 radical (unpaired) electrons. The number of benzene rings is 1. The lowest BCUT2D eigenvalue weighted by Gasteiger charge is -2.32. The number of sulfonamides is 1. The summed E-state index contributed by atoms with van der Waals surface area (Å²) in [5.41, 5.74) is 4.78. The first-order chi connectivity index (χ1) is 13.6. The maximum atomic E-state index is 13.2. The molecule has 3 N–H and O–H groups in total. The van der Waals surface area contributed by atoms with Gasteiger partial charge in [0.2, 0.25) is 10.0 Å². The van der Waals surface area contributed by atoms with E-state index in [0.717, 1.165) is 25.3 Å². The molecule has 0 spiro atoms. The number of piperidine rings is 1. The second-order valence-electron chi connectivity index (χ2n) is 6.73. The molecule has 2 atom stereocenters. The van der Waals surface area contributed by atoms with Gasteiger partial charge >= 0.3 is 12.0 Å². The average Bonchev–Trinajstić information content (AvgIpc) is 2.66. The maximum Gasteiger partial charge on any atom is 0.338 e. The van der Waals surface area contributed by atoms with Crippen molar-refractivity contribution in [2.45, 2.75) is 50.2 Å². The van der Waals surface area contributed by atoms with Crippen LogP contribution in [0.1, 0.15) is 43.5 Å². The lowest BCUT2D eigenvalue weighted by molar-refractivity contribution is -0.127.